The van der Waals surface area contributed by atoms with Gasteiger partial charge in [0.05, 0.1) is 0 Å². The van der Waals surface area contributed by atoms with E-state index < -0.39 is 11.6 Å². The average molecular weight is 168 g/mol. The maximum absolute atomic E-state index is 12.7. The van der Waals surface area contributed by atoms with Crippen molar-refractivity contribution in [1.29, 1.82) is 0 Å². The number of hydrogen-bond acceptors (Lipinski definition) is 0. The largest absolute Gasteiger partial charge is 0.204 e. The minimum atomic E-state index is -0.720. The topological polar surface area (TPSA) is 0 Å². The fraction of sp³-hybridized carbons (Fsp3) is 0.400. The summed E-state index contributed by atoms with van der Waals surface area (Å²) >= 11 is 0. The molecule has 0 spiro atoms. The van der Waals surface area contributed by atoms with E-state index in [4.69, 9.17) is 0 Å². The van der Waals surface area contributed by atoms with Crippen LogP contribution >= 0.6 is 0 Å². The Labute approximate surface area is 70.2 Å². The van der Waals surface area contributed by atoms with Crippen LogP contribution in [0.5, 0.6) is 0 Å². The van der Waals surface area contributed by atoms with Gasteiger partial charge in [0.25, 0.3) is 0 Å². The van der Waals surface area contributed by atoms with Gasteiger partial charge in [-0.25, -0.2) is 8.78 Å². The molecule has 0 N–H and O–H groups in total. The van der Waals surface area contributed by atoms with Gasteiger partial charge < -0.3 is 0 Å². The molecular formula is C10H10F2. The van der Waals surface area contributed by atoms with E-state index in [1.54, 1.807) is 0 Å². The Morgan fingerprint density at radius 2 is 1.50 bits per heavy atom. The molecule has 0 saturated carbocycles. The van der Waals surface area contributed by atoms with Crippen molar-refractivity contribution < 1.29 is 8.78 Å². The molecule has 1 aliphatic carbocycles. The Hall–Kier alpha value is -0.920. The van der Waals surface area contributed by atoms with Crippen molar-refractivity contribution in [2.75, 3.05) is 0 Å². The molecule has 2 rings (SSSR count). The van der Waals surface area contributed by atoms with E-state index in [1.165, 1.54) is 12.1 Å². The number of hydrogen-bond donors (Lipinski definition) is 0. The number of rotatable bonds is 0. The van der Waals surface area contributed by atoms with Crippen LogP contribution in [0.15, 0.2) is 12.1 Å². The second-order valence-corrected chi connectivity index (χ2v) is 3.55. The number of fused-ring (bicyclic) bond motifs is 1. The smallest absolute Gasteiger partial charge is 0.159 e. The Balaban J connectivity index is 2.48. The monoisotopic (exact) mass is 168 g/mol. The zero-order valence-corrected chi connectivity index (χ0v) is 6.90. The van der Waals surface area contributed by atoms with Gasteiger partial charge in [-0.2, -0.15) is 0 Å². The Morgan fingerprint density at radius 1 is 1.08 bits per heavy atom. The first-order valence-electron chi connectivity index (χ1n) is 4.13. The predicted octanol–water partition coefficient (Wildman–Crippen LogP) is 2.70. The average Bonchev–Trinajstić information content (AvgIpc) is 2.30. The third kappa shape index (κ3) is 1.11. The zero-order valence-electron chi connectivity index (χ0n) is 6.90. The first-order chi connectivity index (χ1) is 5.66. The summed E-state index contributed by atoms with van der Waals surface area (Å²) in [5.41, 5.74) is 1.95. The summed E-state index contributed by atoms with van der Waals surface area (Å²) < 4.78 is 25.5. The highest BCUT2D eigenvalue weighted by Crippen LogP contribution is 2.27. The third-order valence-electron chi connectivity index (χ3n) is 2.38. The van der Waals surface area contributed by atoms with Crippen LogP contribution in [0.1, 0.15) is 18.1 Å². The van der Waals surface area contributed by atoms with E-state index in [2.05, 4.69) is 6.92 Å². The van der Waals surface area contributed by atoms with Crippen molar-refractivity contribution in [3.63, 3.8) is 0 Å². The molecule has 0 aromatic heterocycles. The van der Waals surface area contributed by atoms with Gasteiger partial charge in [0, 0.05) is 0 Å². The van der Waals surface area contributed by atoms with Crippen molar-refractivity contribution in [1.82, 2.24) is 0 Å². The van der Waals surface area contributed by atoms with Crippen molar-refractivity contribution >= 4 is 0 Å². The molecule has 0 aliphatic heterocycles. The van der Waals surface area contributed by atoms with Gasteiger partial charge in [0.2, 0.25) is 0 Å². The van der Waals surface area contributed by atoms with Crippen molar-refractivity contribution in [2.45, 2.75) is 19.8 Å². The second-order valence-electron chi connectivity index (χ2n) is 3.55. The molecule has 0 radical (unpaired) electrons. The molecule has 12 heavy (non-hydrogen) atoms. The molecule has 0 amide bonds. The zero-order chi connectivity index (χ0) is 8.72. The molecule has 1 aromatic carbocycles. The second kappa shape index (κ2) is 2.54. The first-order valence-corrected chi connectivity index (χ1v) is 4.13. The van der Waals surface area contributed by atoms with Crippen LogP contribution in [-0.2, 0) is 12.8 Å². The summed E-state index contributed by atoms with van der Waals surface area (Å²) in [7, 11) is 0. The van der Waals surface area contributed by atoms with Gasteiger partial charge in [-0.15, -0.1) is 0 Å². The van der Waals surface area contributed by atoms with Gasteiger partial charge in [0.15, 0.2) is 11.6 Å². The lowest BCUT2D eigenvalue weighted by Crippen LogP contribution is -1.89. The summed E-state index contributed by atoms with van der Waals surface area (Å²) in [6.07, 6.45) is 1.76. The lowest BCUT2D eigenvalue weighted by Gasteiger charge is -1.98. The summed E-state index contributed by atoms with van der Waals surface area (Å²) in [6, 6.07) is 2.66. The van der Waals surface area contributed by atoms with Crippen LogP contribution < -0.4 is 0 Å². The molecule has 0 nitrogen and oxygen atoms in total. The number of halogens is 2. The van der Waals surface area contributed by atoms with Crippen LogP contribution in [0.4, 0.5) is 8.78 Å². The molecule has 64 valence electrons. The Kier molecular flexibility index (Phi) is 1.63. The van der Waals surface area contributed by atoms with E-state index in [1.807, 2.05) is 0 Å². The maximum Gasteiger partial charge on any atom is 0.159 e. The lowest BCUT2D eigenvalue weighted by atomic mass is 10.1. The first kappa shape index (κ1) is 7.71. The SMILES string of the molecule is CC1Cc2cc(F)c(F)cc2C1. The summed E-state index contributed by atoms with van der Waals surface area (Å²) in [5, 5.41) is 0. The molecule has 0 saturated heterocycles. The van der Waals surface area contributed by atoms with E-state index in [-0.39, 0.29) is 0 Å². The molecule has 0 fully saturated rings. The normalized spacial score (nSPS) is 16.6. The molecule has 0 atom stereocenters. The molecule has 0 unspecified atom stereocenters. The minimum Gasteiger partial charge on any atom is -0.204 e. The van der Waals surface area contributed by atoms with Crippen LogP contribution in [-0.4, -0.2) is 0 Å². The van der Waals surface area contributed by atoms with E-state index in [9.17, 15) is 8.78 Å². The number of benzene rings is 1. The van der Waals surface area contributed by atoms with Crippen molar-refractivity contribution in [3.8, 4) is 0 Å². The quantitative estimate of drug-likeness (QED) is 0.558. The fourth-order valence-electron chi connectivity index (χ4n) is 1.83. The fourth-order valence-corrected chi connectivity index (χ4v) is 1.83. The van der Waals surface area contributed by atoms with Gasteiger partial charge in [-0.05, 0) is 42.0 Å². The van der Waals surface area contributed by atoms with Crippen LogP contribution in [0.3, 0.4) is 0 Å². The maximum atomic E-state index is 12.7. The molecule has 1 aromatic rings. The van der Waals surface area contributed by atoms with E-state index in [0.29, 0.717) is 5.92 Å². The highest BCUT2D eigenvalue weighted by molar-refractivity contribution is 5.33. The molecule has 1 aliphatic rings. The molecular weight excluding hydrogens is 158 g/mol. The highest BCUT2D eigenvalue weighted by Gasteiger charge is 2.19. The lowest BCUT2D eigenvalue weighted by molar-refractivity contribution is 0.507. The summed E-state index contributed by atoms with van der Waals surface area (Å²) in [6.45, 7) is 2.09. The molecule has 0 heterocycles. The standard InChI is InChI=1S/C10H10F2/c1-6-2-7-4-9(11)10(12)5-8(7)3-6/h4-6H,2-3H2,1H3. The summed E-state index contributed by atoms with van der Waals surface area (Å²) in [5.74, 6) is -0.910. The summed E-state index contributed by atoms with van der Waals surface area (Å²) in [4.78, 5) is 0. The van der Waals surface area contributed by atoms with Crippen molar-refractivity contribution in [2.24, 2.45) is 5.92 Å². The van der Waals surface area contributed by atoms with Gasteiger partial charge in [-0.3, -0.25) is 0 Å². The Bertz CT molecular complexity index is 287. The molecule has 0 bridgehead atoms. The third-order valence-corrected chi connectivity index (χ3v) is 2.38. The van der Waals surface area contributed by atoms with Crippen LogP contribution in [0.25, 0.3) is 0 Å². The minimum absolute atomic E-state index is 0.529. The highest BCUT2D eigenvalue weighted by atomic mass is 19.2. The van der Waals surface area contributed by atoms with Crippen LogP contribution in [0.2, 0.25) is 0 Å². The molecule has 2 heteroatoms. The predicted molar refractivity (Wildman–Crippen MR) is 42.9 cm³/mol. The van der Waals surface area contributed by atoms with Gasteiger partial charge in [0.1, 0.15) is 0 Å². The van der Waals surface area contributed by atoms with Gasteiger partial charge >= 0.3 is 0 Å². The van der Waals surface area contributed by atoms with Crippen molar-refractivity contribution in [3.05, 3.63) is 34.9 Å². The van der Waals surface area contributed by atoms with Gasteiger partial charge in [-0.1, -0.05) is 6.92 Å². The van der Waals surface area contributed by atoms with E-state index in [0.717, 1.165) is 24.0 Å². The van der Waals surface area contributed by atoms with E-state index >= 15 is 0 Å². The van der Waals surface area contributed by atoms with Crippen LogP contribution in [0, 0.1) is 17.6 Å². The Morgan fingerprint density at radius 3 is 1.92 bits per heavy atom.